The number of hydrogen-bond acceptors (Lipinski definition) is 3. The first-order valence-electron chi connectivity index (χ1n) is 6.88. The summed E-state index contributed by atoms with van der Waals surface area (Å²) in [6, 6.07) is 10.5. The molecule has 0 aliphatic carbocycles. The van der Waals surface area contributed by atoms with Gasteiger partial charge in [-0.25, -0.2) is 0 Å². The highest BCUT2D eigenvalue weighted by molar-refractivity contribution is 5.90. The van der Waals surface area contributed by atoms with Crippen LogP contribution in [-0.2, 0) is 16.1 Å². The molecule has 0 spiro atoms. The highest BCUT2D eigenvalue weighted by Crippen LogP contribution is 2.20. The molecule has 1 atom stereocenters. The summed E-state index contributed by atoms with van der Waals surface area (Å²) in [7, 11) is 0. The second kappa shape index (κ2) is 5.83. The summed E-state index contributed by atoms with van der Waals surface area (Å²) in [6.45, 7) is 0.868. The molecule has 1 aliphatic rings. The van der Waals surface area contributed by atoms with Crippen LogP contribution < -0.4 is 5.32 Å². The Morgan fingerprint density at radius 2 is 2.00 bits per heavy atom. The zero-order valence-corrected chi connectivity index (χ0v) is 11.5. The van der Waals surface area contributed by atoms with Crippen molar-refractivity contribution in [1.29, 1.82) is 0 Å². The van der Waals surface area contributed by atoms with Crippen molar-refractivity contribution in [2.75, 3.05) is 6.54 Å². The minimum absolute atomic E-state index is 0.0896. The van der Waals surface area contributed by atoms with E-state index in [1.54, 1.807) is 17.4 Å². The molecule has 0 bridgehead atoms. The first-order chi connectivity index (χ1) is 10.2. The van der Waals surface area contributed by atoms with Crippen LogP contribution in [0.15, 0.2) is 53.3 Å². The molecule has 2 amide bonds. The molecule has 1 aromatic heterocycles. The molecule has 5 nitrogen and oxygen atoms in total. The van der Waals surface area contributed by atoms with Gasteiger partial charge in [-0.1, -0.05) is 30.3 Å². The van der Waals surface area contributed by atoms with Gasteiger partial charge in [-0.15, -0.1) is 0 Å². The molecule has 1 saturated heterocycles. The van der Waals surface area contributed by atoms with E-state index >= 15 is 0 Å². The predicted octanol–water partition coefficient (Wildman–Crippen LogP) is 1.87. The summed E-state index contributed by atoms with van der Waals surface area (Å²) in [5, 5.41) is 2.80. The van der Waals surface area contributed by atoms with E-state index in [2.05, 4.69) is 5.32 Å². The molecule has 1 aromatic carbocycles. The van der Waals surface area contributed by atoms with Crippen LogP contribution in [0.3, 0.4) is 0 Å². The van der Waals surface area contributed by atoms with Gasteiger partial charge < -0.3 is 14.6 Å². The molecule has 2 heterocycles. The van der Waals surface area contributed by atoms with E-state index in [9.17, 15) is 9.59 Å². The Balaban J connectivity index is 1.85. The van der Waals surface area contributed by atoms with Crippen molar-refractivity contribution >= 4 is 11.8 Å². The maximum absolute atomic E-state index is 12.7. The number of furan rings is 1. The van der Waals surface area contributed by atoms with Gasteiger partial charge in [0, 0.05) is 25.1 Å². The van der Waals surface area contributed by atoms with Crippen LogP contribution in [-0.4, -0.2) is 23.3 Å². The van der Waals surface area contributed by atoms with E-state index in [1.807, 2.05) is 36.4 Å². The smallest absolute Gasteiger partial charge is 0.250 e. The van der Waals surface area contributed by atoms with E-state index in [-0.39, 0.29) is 11.8 Å². The summed E-state index contributed by atoms with van der Waals surface area (Å²) in [5.41, 5.74) is 1.72. The third-order valence-electron chi connectivity index (χ3n) is 3.56. The number of hydrogen-bond donors (Lipinski definition) is 1. The van der Waals surface area contributed by atoms with Crippen LogP contribution in [0.25, 0.3) is 0 Å². The number of amides is 2. The Morgan fingerprint density at radius 1 is 1.19 bits per heavy atom. The zero-order chi connectivity index (χ0) is 14.7. The number of benzene rings is 1. The van der Waals surface area contributed by atoms with E-state index in [0.717, 1.165) is 11.1 Å². The van der Waals surface area contributed by atoms with Crippen LogP contribution in [0, 0.1) is 0 Å². The first kappa shape index (κ1) is 13.4. The Kier molecular flexibility index (Phi) is 3.73. The minimum atomic E-state index is -0.617. The summed E-state index contributed by atoms with van der Waals surface area (Å²) in [4.78, 5) is 26.2. The van der Waals surface area contributed by atoms with Crippen molar-refractivity contribution in [2.45, 2.75) is 19.0 Å². The van der Waals surface area contributed by atoms with E-state index in [4.69, 9.17) is 4.42 Å². The van der Waals surface area contributed by atoms with Crippen LogP contribution in [0.5, 0.6) is 0 Å². The quantitative estimate of drug-likeness (QED) is 0.936. The van der Waals surface area contributed by atoms with Gasteiger partial charge in [-0.2, -0.15) is 0 Å². The molecule has 1 aliphatic heterocycles. The molecule has 0 saturated carbocycles. The van der Waals surface area contributed by atoms with Gasteiger partial charge in [0.25, 0.3) is 0 Å². The maximum Gasteiger partial charge on any atom is 0.250 e. The fraction of sp³-hybridized carbons (Fsp3) is 0.250. The highest BCUT2D eigenvalue weighted by Gasteiger charge is 2.30. The fourth-order valence-corrected chi connectivity index (χ4v) is 2.46. The average Bonchev–Trinajstić information content (AvgIpc) is 2.97. The lowest BCUT2D eigenvalue weighted by Gasteiger charge is -2.23. The number of carbonyl (C=O) groups excluding carboxylic acids is 2. The summed E-state index contributed by atoms with van der Waals surface area (Å²) in [6.07, 6.45) is 3.51. The second-order valence-electron chi connectivity index (χ2n) is 5.05. The molecular formula is C16H16N2O3. The largest absolute Gasteiger partial charge is 0.472 e. The molecule has 108 valence electrons. The molecule has 5 heteroatoms. The standard InChI is InChI=1S/C16H16N2O3/c19-14-6-8-18(10-12-7-9-21-11-12)16(20)15(17-14)13-4-2-1-3-5-13/h1-5,7,9,11,15H,6,8,10H2,(H,17,19). The minimum Gasteiger partial charge on any atom is -0.472 e. The molecule has 1 fully saturated rings. The average molecular weight is 284 g/mol. The first-order valence-corrected chi connectivity index (χ1v) is 6.88. The maximum atomic E-state index is 12.7. The van der Waals surface area contributed by atoms with Gasteiger partial charge >= 0.3 is 0 Å². The van der Waals surface area contributed by atoms with Gasteiger partial charge in [0.15, 0.2) is 0 Å². The van der Waals surface area contributed by atoms with Crippen LogP contribution in [0.2, 0.25) is 0 Å². The van der Waals surface area contributed by atoms with Crippen molar-refractivity contribution in [2.24, 2.45) is 0 Å². The second-order valence-corrected chi connectivity index (χ2v) is 5.05. The normalized spacial score (nSPS) is 19.2. The predicted molar refractivity (Wildman–Crippen MR) is 76.1 cm³/mol. The van der Waals surface area contributed by atoms with Crippen molar-refractivity contribution in [1.82, 2.24) is 10.2 Å². The van der Waals surface area contributed by atoms with E-state index in [1.165, 1.54) is 0 Å². The number of rotatable bonds is 3. The van der Waals surface area contributed by atoms with Crippen molar-refractivity contribution in [3.8, 4) is 0 Å². The zero-order valence-electron chi connectivity index (χ0n) is 11.5. The lowest BCUT2D eigenvalue weighted by molar-refractivity contribution is -0.134. The molecule has 1 unspecified atom stereocenters. The topological polar surface area (TPSA) is 62.6 Å². The molecule has 2 aromatic rings. The van der Waals surface area contributed by atoms with Crippen LogP contribution in [0.1, 0.15) is 23.6 Å². The summed E-state index contributed by atoms with van der Waals surface area (Å²) >= 11 is 0. The molecule has 0 radical (unpaired) electrons. The van der Waals surface area contributed by atoms with Gasteiger partial charge in [-0.3, -0.25) is 9.59 Å². The van der Waals surface area contributed by atoms with Gasteiger partial charge in [0.1, 0.15) is 6.04 Å². The monoisotopic (exact) mass is 284 g/mol. The fourth-order valence-electron chi connectivity index (χ4n) is 2.46. The number of nitrogens with zero attached hydrogens (tertiary/aromatic N) is 1. The van der Waals surface area contributed by atoms with Crippen molar-refractivity contribution < 1.29 is 14.0 Å². The lowest BCUT2D eigenvalue weighted by atomic mass is 10.1. The van der Waals surface area contributed by atoms with E-state index in [0.29, 0.717) is 19.5 Å². The summed E-state index contributed by atoms with van der Waals surface area (Å²) in [5.74, 6) is -0.194. The Labute approximate surface area is 122 Å². The molecule has 1 N–H and O–H groups in total. The Bertz CT molecular complexity index is 622. The van der Waals surface area contributed by atoms with Crippen LogP contribution >= 0.6 is 0 Å². The van der Waals surface area contributed by atoms with Gasteiger partial charge in [-0.05, 0) is 11.6 Å². The Morgan fingerprint density at radius 3 is 2.71 bits per heavy atom. The van der Waals surface area contributed by atoms with E-state index < -0.39 is 6.04 Å². The summed E-state index contributed by atoms with van der Waals surface area (Å²) < 4.78 is 5.03. The Hall–Kier alpha value is -2.56. The number of nitrogens with one attached hydrogen (secondary N) is 1. The lowest BCUT2D eigenvalue weighted by Crippen LogP contribution is -2.38. The van der Waals surface area contributed by atoms with Gasteiger partial charge in [0.2, 0.25) is 11.8 Å². The van der Waals surface area contributed by atoms with Crippen LogP contribution in [0.4, 0.5) is 0 Å². The molecule has 21 heavy (non-hydrogen) atoms. The number of carbonyl (C=O) groups is 2. The molecular weight excluding hydrogens is 268 g/mol. The molecule has 3 rings (SSSR count). The SMILES string of the molecule is O=C1CCN(Cc2ccoc2)C(=O)C(c2ccccc2)N1. The third kappa shape index (κ3) is 2.97. The van der Waals surface area contributed by atoms with Crippen molar-refractivity contribution in [3.63, 3.8) is 0 Å². The highest BCUT2D eigenvalue weighted by atomic mass is 16.3. The van der Waals surface area contributed by atoms with Gasteiger partial charge in [0.05, 0.1) is 12.5 Å². The van der Waals surface area contributed by atoms with Crippen molar-refractivity contribution in [3.05, 3.63) is 60.1 Å². The third-order valence-corrected chi connectivity index (χ3v) is 3.56.